The van der Waals surface area contributed by atoms with Crippen LogP contribution in [0.5, 0.6) is 5.88 Å². The minimum absolute atomic E-state index is 0.0758. The van der Waals surface area contributed by atoms with Gasteiger partial charge in [-0.3, -0.25) is 4.57 Å². The third-order valence-corrected chi connectivity index (χ3v) is 5.34. The van der Waals surface area contributed by atoms with E-state index in [2.05, 4.69) is 10.3 Å². The summed E-state index contributed by atoms with van der Waals surface area (Å²) >= 11 is 0. The molecule has 0 saturated heterocycles. The molecule has 0 aliphatic carbocycles. The number of hydrogen-bond acceptors (Lipinski definition) is 5. The monoisotopic (exact) mass is 350 g/mol. The van der Waals surface area contributed by atoms with Crippen molar-refractivity contribution in [3.63, 3.8) is 0 Å². The molecule has 2 aromatic rings. The van der Waals surface area contributed by atoms with E-state index in [1.165, 1.54) is 0 Å². The first-order chi connectivity index (χ1) is 11.5. The summed E-state index contributed by atoms with van der Waals surface area (Å²) in [5, 5.41) is 13.1. The Bertz CT molecular complexity index is 681. The molecule has 2 rings (SSSR count). The first-order valence-corrected chi connectivity index (χ1v) is 9.74. The Kier molecular flexibility index (Phi) is 6.94. The van der Waals surface area contributed by atoms with Crippen molar-refractivity contribution in [1.82, 2.24) is 10.3 Å². The molecule has 0 aliphatic rings. The molecule has 1 unspecified atom stereocenters. The van der Waals surface area contributed by atoms with Crippen molar-refractivity contribution in [3.05, 3.63) is 59.8 Å². The number of pyridine rings is 1. The molecule has 0 bridgehead atoms. The predicted octanol–water partition coefficient (Wildman–Crippen LogP) is 2.01. The Morgan fingerprint density at radius 1 is 1.25 bits per heavy atom. The maximum Gasteiger partial charge on any atom is 0.213 e. The summed E-state index contributed by atoms with van der Waals surface area (Å²) in [6.07, 6.45) is 0.711. The molecule has 1 aromatic heterocycles. The fourth-order valence-corrected chi connectivity index (χ4v) is 4.08. The van der Waals surface area contributed by atoms with Crippen molar-refractivity contribution in [2.24, 2.45) is 0 Å². The molecule has 0 aliphatic heterocycles. The molecule has 3 N–H and O–H groups in total. The molecule has 6 nitrogen and oxygen atoms in total. The summed E-state index contributed by atoms with van der Waals surface area (Å²) in [5.41, 5.74) is 1.76. The Morgan fingerprint density at radius 3 is 2.71 bits per heavy atom. The van der Waals surface area contributed by atoms with Gasteiger partial charge in [0.25, 0.3) is 0 Å². The topological polar surface area (TPSA) is 91.7 Å². The first-order valence-electron chi connectivity index (χ1n) is 7.71. The summed E-state index contributed by atoms with van der Waals surface area (Å²) < 4.78 is 17.3. The van der Waals surface area contributed by atoms with Gasteiger partial charge in [-0.05, 0) is 17.2 Å². The number of aliphatic hydroxyl groups is 1. The lowest BCUT2D eigenvalue weighted by atomic mass is 10.2. The third-order valence-electron chi connectivity index (χ3n) is 3.49. The van der Waals surface area contributed by atoms with E-state index in [0.717, 1.165) is 11.1 Å². The van der Waals surface area contributed by atoms with Crippen LogP contribution in [0.1, 0.15) is 11.1 Å². The highest BCUT2D eigenvalue weighted by molar-refractivity contribution is 7.57. The van der Waals surface area contributed by atoms with Crippen LogP contribution in [0.2, 0.25) is 0 Å². The average Bonchev–Trinajstić information content (AvgIpc) is 2.55. The number of nitrogens with zero attached hydrogens (tertiary/aromatic N) is 1. The smallest absolute Gasteiger partial charge is 0.213 e. The zero-order chi connectivity index (χ0) is 17.4. The molecule has 0 radical (unpaired) electrons. The van der Waals surface area contributed by atoms with Crippen LogP contribution in [-0.4, -0.2) is 40.9 Å². The fourth-order valence-electron chi connectivity index (χ4n) is 2.38. The third kappa shape index (κ3) is 6.42. The van der Waals surface area contributed by atoms with Gasteiger partial charge in [0.2, 0.25) is 13.2 Å². The molecule has 0 spiro atoms. The van der Waals surface area contributed by atoms with E-state index in [4.69, 9.17) is 4.74 Å². The van der Waals surface area contributed by atoms with Crippen molar-refractivity contribution in [2.45, 2.75) is 18.8 Å². The van der Waals surface area contributed by atoms with E-state index >= 15 is 0 Å². The molecule has 0 fully saturated rings. The second-order valence-corrected chi connectivity index (χ2v) is 8.04. The van der Waals surface area contributed by atoms with Crippen molar-refractivity contribution >= 4 is 7.37 Å². The highest BCUT2D eigenvalue weighted by atomic mass is 31.2. The normalized spacial score (nSPS) is 14.8. The zero-order valence-corrected chi connectivity index (χ0v) is 14.5. The SMILES string of the molecule is COc1cc(CNC[C@@H](O)CP(=O)(O)Cc2ccccc2)ccn1. The Hall–Kier alpha value is -1.72. The molecular formula is C17H23N2O4P. The van der Waals surface area contributed by atoms with Gasteiger partial charge in [0.05, 0.1) is 19.4 Å². The van der Waals surface area contributed by atoms with E-state index in [1.807, 2.05) is 36.4 Å². The Morgan fingerprint density at radius 2 is 2.00 bits per heavy atom. The Labute approximate surface area is 142 Å². The van der Waals surface area contributed by atoms with E-state index < -0.39 is 13.5 Å². The molecule has 130 valence electrons. The maximum absolute atomic E-state index is 12.3. The molecule has 1 heterocycles. The van der Waals surface area contributed by atoms with Crippen molar-refractivity contribution in [3.8, 4) is 5.88 Å². The number of rotatable bonds is 9. The molecule has 1 aromatic carbocycles. The molecule has 24 heavy (non-hydrogen) atoms. The van der Waals surface area contributed by atoms with Gasteiger partial charge in [-0.1, -0.05) is 30.3 Å². The summed E-state index contributed by atoms with van der Waals surface area (Å²) in [6, 6.07) is 12.8. The van der Waals surface area contributed by atoms with E-state index in [0.29, 0.717) is 12.4 Å². The number of nitrogens with one attached hydrogen (secondary N) is 1. The van der Waals surface area contributed by atoms with Gasteiger partial charge >= 0.3 is 0 Å². The summed E-state index contributed by atoms with van der Waals surface area (Å²) in [7, 11) is -1.86. The zero-order valence-electron chi connectivity index (χ0n) is 13.6. The average molecular weight is 350 g/mol. The maximum atomic E-state index is 12.3. The van der Waals surface area contributed by atoms with Gasteiger partial charge in [-0.15, -0.1) is 0 Å². The van der Waals surface area contributed by atoms with Gasteiger partial charge < -0.3 is 20.1 Å². The minimum atomic E-state index is -3.42. The summed E-state index contributed by atoms with van der Waals surface area (Å²) in [6.45, 7) is 0.758. The first kappa shape index (κ1) is 18.6. The quantitative estimate of drug-likeness (QED) is 0.599. The van der Waals surface area contributed by atoms with Gasteiger partial charge in [0, 0.05) is 31.5 Å². The second-order valence-electron chi connectivity index (χ2n) is 5.66. The lowest BCUT2D eigenvalue weighted by Crippen LogP contribution is -2.29. The lowest BCUT2D eigenvalue weighted by Gasteiger charge is -2.17. The number of methoxy groups -OCH3 is 1. The van der Waals surface area contributed by atoms with Crippen LogP contribution in [0.4, 0.5) is 0 Å². The molecule has 2 atom stereocenters. The summed E-state index contributed by atoms with van der Waals surface area (Å²) in [4.78, 5) is 14.1. The lowest BCUT2D eigenvalue weighted by molar-refractivity contribution is 0.190. The number of hydrogen-bond donors (Lipinski definition) is 3. The van der Waals surface area contributed by atoms with Crippen LogP contribution in [0.25, 0.3) is 0 Å². The van der Waals surface area contributed by atoms with Crippen molar-refractivity contribution in [2.75, 3.05) is 19.8 Å². The van der Waals surface area contributed by atoms with Gasteiger partial charge in [0.1, 0.15) is 0 Å². The highest BCUT2D eigenvalue weighted by Crippen LogP contribution is 2.44. The van der Waals surface area contributed by atoms with Crippen molar-refractivity contribution in [1.29, 1.82) is 0 Å². The number of ether oxygens (including phenoxy) is 1. The van der Waals surface area contributed by atoms with Crippen LogP contribution >= 0.6 is 7.37 Å². The number of aromatic nitrogens is 1. The molecule has 0 saturated carbocycles. The molecular weight excluding hydrogens is 327 g/mol. The van der Waals surface area contributed by atoms with E-state index in [-0.39, 0.29) is 18.9 Å². The van der Waals surface area contributed by atoms with Gasteiger partial charge in [-0.2, -0.15) is 0 Å². The van der Waals surface area contributed by atoms with Crippen LogP contribution in [0.15, 0.2) is 48.7 Å². The fraction of sp³-hybridized carbons (Fsp3) is 0.353. The summed E-state index contributed by atoms with van der Waals surface area (Å²) in [5.74, 6) is 0.526. The highest BCUT2D eigenvalue weighted by Gasteiger charge is 2.23. The van der Waals surface area contributed by atoms with Gasteiger partial charge in [0.15, 0.2) is 0 Å². The van der Waals surface area contributed by atoms with Crippen molar-refractivity contribution < 1.29 is 19.3 Å². The molecule has 0 amide bonds. The largest absolute Gasteiger partial charge is 0.481 e. The van der Waals surface area contributed by atoms with Crippen LogP contribution in [-0.2, 0) is 17.3 Å². The predicted molar refractivity (Wildman–Crippen MR) is 93.3 cm³/mol. The van der Waals surface area contributed by atoms with Crippen LogP contribution in [0, 0.1) is 0 Å². The van der Waals surface area contributed by atoms with Crippen LogP contribution < -0.4 is 10.1 Å². The van der Waals surface area contributed by atoms with E-state index in [9.17, 15) is 14.6 Å². The number of benzene rings is 1. The van der Waals surface area contributed by atoms with Crippen LogP contribution in [0.3, 0.4) is 0 Å². The number of aliphatic hydroxyl groups excluding tert-OH is 1. The standard InChI is InChI=1S/C17H23N2O4P/c1-23-17-9-15(7-8-19-17)10-18-11-16(20)13-24(21,22)12-14-5-3-2-4-6-14/h2-9,16,18,20H,10-13H2,1H3,(H,21,22)/t16-/m1/s1. The van der Waals surface area contributed by atoms with Gasteiger partial charge in [-0.25, -0.2) is 4.98 Å². The Balaban J connectivity index is 1.77. The minimum Gasteiger partial charge on any atom is -0.481 e. The second kappa shape index (κ2) is 8.94. The van der Waals surface area contributed by atoms with E-state index in [1.54, 1.807) is 19.4 Å². The molecule has 7 heteroatoms.